The third kappa shape index (κ3) is 5.82. The van der Waals surface area contributed by atoms with E-state index in [0.717, 1.165) is 24.5 Å². The zero-order chi connectivity index (χ0) is 28.6. The Kier molecular flexibility index (Phi) is 8.34. The average molecular weight is 586 g/mol. The maximum atomic E-state index is 14.7. The zero-order valence-electron chi connectivity index (χ0n) is 22.3. The number of benzene rings is 2. The number of likely N-dealkylation sites (N-methyl/N-ethyl adjacent to an activating group) is 1. The largest absolute Gasteiger partial charge is 0.342 e. The van der Waals surface area contributed by atoms with Gasteiger partial charge in [-0.25, -0.2) is 4.39 Å². The third-order valence-corrected chi connectivity index (χ3v) is 9.23. The smallest absolute Gasteiger partial charge is 0.256 e. The van der Waals surface area contributed by atoms with Crippen molar-refractivity contribution in [3.63, 3.8) is 0 Å². The fraction of sp³-hybridized carbons (Fsp3) is 0.467. The van der Waals surface area contributed by atoms with E-state index in [1.807, 2.05) is 21.9 Å². The molecule has 1 aliphatic carbocycles. The van der Waals surface area contributed by atoms with Crippen molar-refractivity contribution in [1.82, 2.24) is 14.7 Å². The quantitative estimate of drug-likeness (QED) is 0.489. The molecule has 10 heteroatoms. The van der Waals surface area contributed by atoms with Gasteiger partial charge in [-0.3, -0.25) is 14.4 Å². The maximum Gasteiger partial charge on any atom is 0.256 e. The van der Waals surface area contributed by atoms with E-state index < -0.39 is 11.7 Å². The molecule has 2 aromatic rings. The van der Waals surface area contributed by atoms with E-state index in [9.17, 15) is 18.8 Å². The van der Waals surface area contributed by atoms with Gasteiger partial charge in [0.1, 0.15) is 5.82 Å². The van der Waals surface area contributed by atoms with Crippen LogP contribution in [-0.4, -0.2) is 71.7 Å². The van der Waals surface area contributed by atoms with E-state index in [2.05, 4.69) is 0 Å². The van der Waals surface area contributed by atoms with Gasteiger partial charge in [-0.1, -0.05) is 29.3 Å². The Morgan fingerprint density at radius 2 is 1.55 bits per heavy atom. The maximum absolute atomic E-state index is 14.7. The van der Waals surface area contributed by atoms with Gasteiger partial charge >= 0.3 is 0 Å². The van der Waals surface area contributed by atoms with Crippen LogP contribution in [0.25, 0.3) is 0 Å². The number of hydrogen-bond donors (Lipinski definition) is 0. The number of hydrogen-bond acceptors (Lipinski definition) is 4. The van der Waals surface area contributed by atoms with Crippen LogP contribution in [0.4, 0.5) is 4.39 Å². The standard InChI is InChI=1S/C30H31Cl2FN4O3/c1-35(30(40)22-6-2-18(16-34)14-26(22)33)27-10-13-37(17-23(27)21-5-7-24(31)25(32)15-21)29(39)20-8-11-36(12-9-20)28(38)19-3-4-19/h2,5-7,14-15,19-20,23,27H,3-4,8-13,17H2,1H3/t23-,27+/m0/s1. The van der Waals surface area contributed by atoms with E-state index in [1.165, 1.54) is 17.0 Å². The number of carbonyl (C=O) groups excluding carboxylic acids is 3. The number of halogens is 3. The van der Waals surface area contributed by atoms with Crippen LogP contribution in [0.1, 0.15) is 59.5 Å². The molecule has 3 aliphatic rings. The molecule has 0 bridgehead atoms. The first kappa shape index (κ1) is 28.4. The molecule has 2 heterocycles. The Hall–Kier alpha value is -3.15. The molecule has 1 saturated carbocycles. The number of likely N-dealkylation sites (tertiary alicyclic amines) is 2. The summed E-state index contributed by atoms with van der Waals surface area (Å²) in [4.78, 5) is 44.8. The van der Waals surface area contributed by atoms with Crippen LogP contribution in [0, 0.1) is 29.0 Å². The van der Waals surface area contributed by atoms with Gasteiger partial charge in [0.15, 0.2) is 0 Å². The Bertz CT molecular complexity index is 1370. The number of nitrogens with zero attached hydrogens (tertiary/aromatic N) is 4. The van der Waals surface area contributed by atoms with Gasteiger partial charge in [-0.15, -0.1) is 0 Å². The van der Waals surface area contributed by atoms with Crippen molar-refractivity contribution in [3.8, 4) is 6.07 Å². The second kappa shape index (κ2) is 11.8. The normalized spacial score (nSPS) is 21.6. The lowest BCUT2D eigenvalue weighted by molar-refractivity contribution is -0.142. The highest BCUT2D eigenvalue weighted by molar-refractivity contribution is 6.42. The molecule has 0 radical (unpaired) electrons. The molecule has 40 heavy (non-hydrogen) atoms. The van der Waals surface area contributed by atoms with E-state index in [4.69, 9.17) is 28.5 Å². The Morgan fingerprint density at radius 1 is 0.900 bits per heavy atom. The van der Waals surface area contributed by atoms with Crippen molar-refractivity contribution in [1.29, 1.82) is 5.26 Å². The fourth-order valence-corrected chi connectivity index (χ4v) is 6.27. The van der Waals surface area contributed by atoms with Crippen LogP contribution >= 0.6 is 23.2 Å². The number of carbonyl (C=O) groups is 3. The van der Waals surface area contributed by atoms with Gasteiger partial charge in [0.25, 0.3) is 5.91 Å². The van der Waals surface area contributed by atoms with Crippen molar-refractivity contribution in [2.45, 2.75) is 44.1 Å². The summed E-state index contributed by atoms with van der Waals surface area (Å²) in [6.45, 7) is 2.03. The summed E-state index contributed by atoms with van der Waals surface area (Å²) < 4.78 is 14.7. The number of rotatable bonds is 5. The number of nitriles is 1. The van der Waals surface area contributed by atoms with E-state index in [-0.39, 0.29) is 46.7 Å². The first-order chi connectivity index (χ1) is 19.2. The minimum absolute atomic E-state index is 0.0640. The predicted octanol–water partition coefficient (Wildman–Crippen LogP) is 5.11. The van der Waals surface area contributed by atoms with Crippen molar-refractivity contribution in [2.75, 3.05) is 33.2 Å². The Balaban J connectivity index is 1.34. The Morgan fingerprint density at radius 3 is 2.17 bits per heavy atom. The lowest BCUT2D eigenvalue weighted by atomic mass is 9.83. The van der Waals surface area contributed by atoms with Gasteiger partial charge < -0.3 is 14.7 Å². The molecule has 5 rings (SSSR count). The number of piperidine rings is 2. The summed E-state index contributed by atoms with van der Waals surface area (Å²) in [6.07, 6.45) is 3.72. The van der Waals surface area contributed by atoms with Gasteiger partial charge in [0, 0.05) is 57.0 Å². The minimum atomic E-state index is -0.749. The van der Waals surface area contributed by atoms with Gasteiger partial charge in [-0.2, -0.15) is 5.26 Å². The molecule has 2 aliphatic heterocycles. The molecule has 2 saturated heterocycles. The SMILES string of the molecule is CN(C(=O)c1ccc(C#N)cc1F)[C@@H]1CCN(C(=O)C2CCN(C(=O)C3CC3)CC2)C[C@H]1c1ccc(Cl)c(Cl)c1. The van der Waals surface area contributed by atoms with Crippen molar-refractivity contribution in [2.24, 2.45) is 11.8 Å². The van der Waals surface area contributed by atoms with Crippen LogP contribution in [0.3, 0.4) is 0 Å². The van der Waals surface area contributed by atoms with Crippen molar-refractivity contribution < 1.29 is 18.8 Å². The van der Waals surface area contributed by atoms with Crippen LogP contribution in [0.15, 0.2) is 36.4 Å². The summed E-state index contributed by atoms with van der Waals surface area (Å²) in [6, 6.07) is 10.7. The highest BCUT2D eigenvalue weighted by Crippen LogP contribution is 2.36. The van der Waals surface area contributed by atoms with Crippen LogP contribution in [0.2, 0.25) is 10.0 Å². The average Bonchev–Trinajstić information content (AvgIpc) is 3.82. The summed E-state index contributed by atoms with van der Waals surface area (Å²) in [5.74, 6) is -1.21. The van der Waals surface area contributed by atoms with E-state index in [0.29, 0.717) is 55.5 Å². The first-order valence-corrected chi connectivity index (χ1v) is 14.4. The van der Waals surface area contributed by atoms with Crippen molar-refractivity contribution >= 4 is 40.9 Å². The fourth-order valence-electron chi connectivity index (χ4n) is 5.97. The van der Waals surface area contributed by atoms with Crippen LogP contribution < -0.4 is 0 Å². The molecule has 3 amide bonds. The van der Waals surface area contributed by atoms with Crippen molar-refractivity contribution in [3.05, 3.63) is 69.0 Å². The second-order valence-electron chi connectivity index (χ2n) is 11.0. The van der Waals surface area contributed by atoms with Gasteiger partial charge in [-0.05, 0) is 68.0 Å². The first-order valence-electron chi connectivity index (χ1n) is 13.7. The topological polar surface area (TPSA) is 84.7 Å². The van der Waals surface area contributed by atoms with E-state index >= 15 is 0 Å². The zero-order valence-corrected chi connectivity index (χ0v) is 23.8. The molecule has 7 nitrogen and oxygen atoms in total. The molecule has 2 aromatic carbocycles. The molecule has 3 fully saturated rings. The molecule has 0 unspecified atom stereocenters. The Labute approximate surface area is 243 Å². The summed E-state index contributed by atoms with van der Waals surface area (Å²) in [5.41, 5.74) is 0.863. The van der Waals surface area contributed by atoms with Crippen LogP contribution in [-0.2, 0) is 9.59 Å². The molecule has 0 aromatic heterocycles. The monoisotopic (exact) mass is 584 g/mol. The lowest BCUT2D eigenvalue weighted by Gasteiger charge is -2.44. The highest BCUT2D eigenvalue weighted by atomic mass is 35.5. The highest BCUT2D eigenvalue weighted by Gasteiger charge is 2.40. The molecule has 2 atom stereocenters. The van der Waals surface area contributed by atoms with E-state index in [1.54, 1.807) is 19.2 Å². The molecular weight excluding hydrogens is 554 g/mol. The van der Waals surface area contributed by atoms with Crippen LogP contribution in [0.5, 0.6) is 0 Å². The lowest BCUT2D eigenvalue weighted by Crippen LogP contribution is -2.53. The minimum Gasteiger partial charge on any atom is -0.342 e. The number of amides is 3. The summed E-state index contributed by atoms with van der Waals surface area (Å²) >= 11 is 12.5. The molecule has 210 valence electrons. The summed E-state index contributed by atoms with van der Waals surface area (Å²) in [5, 5.41) is 9.83. The van der Waals surface area contributed by atoms with Gasteiger partial charge in [0.2, 0.25) is 11.8 Å². The molecule has 0 spiro atoms. The molecule has 0 N–H and O–H groups in total. The predicted molar refractivity (Wildman–Crippen MR) is 149 cm³/mol. The second-order valence-corrected chi connectivity index (χ2v) is 11.8. The molecular formula is C30H31Cl2FN4O3. The summed E-state index contributed by atoms with van der Waals surface area (Å²) in [7, 11) is 1.64. The third-order valence-electron chi connectivity index (χ3n) is 8.49. The van der Waals surface area contributed by atoms with Gasteiger partial charge in [0.05, 0.1) is 27.2 Å².